The van der Waals surface area contributed by atoms with Gasteiger partial charge in [0.15, 0.2) is 0 Å². The third kappa shape index (κ3) is 3.42. The number of hydrogen-bond acceptors (Lipinski definition) is 5. The van der Waals surface area contributed by atoms with Gasteiger partial charge in [-0.3, -0.25) is 4.90 Å². The number of hydrogen-bond donors (Lipinski definition) is 1. The molecule has 3 rings (SSSR count). The third-order valence-corrected chi connectivity index (χ3v) is 4.76. The summed E-state index contributed by atoms with van der Waals surface area (Å²) in [6.07, 6.45) is -0.0404. The van der Waals surface area contributed by atoms with E-state index in [1.54, 1.807) is 21.3 Å². The van der Waals surface area contributed by atoms with Crippen LogP contribution < -0.4 is 4.74 Å². The van der Waals surface area contributed by atoms with Gasteiger partial charge >= 0.3 is 0 Å². The Hall–Kier alpha value is -1.60. The van der Waals surface area contributed by atoms with Crippen molar-refractivity contribution in [3.8, 4) is 5.75 Å². The lowest BCUT2D eigenvalue weighted by Gasteiger charge is -2.40. The van der Waals surface area contributed by atoms with E-state index in [4.69, 9.17) is 18.9 Å². The highest BCUT2D eigenvalue weighted by atomic mass is 16.6. The Kier molecular flexibility index (Phi) is 5.40. The molecule has 1 saturated heterocycles. The van der Waals surface area contributed by atoms with E-state index < -0.39 is 0 Å². The van der Waals surface area contributed by atoms with Gasteiger partial charge in [0.05, 0.1) is 26.4 Å². The standard InChI is InChI=1S/C18H26N2O4/c1-20(16-10-24-11-17(22-3)18(16)23-4)9-13-7-12-8-14(21-2)5-6-15(12)19-13/h5-8,16-19H,9-11H2,1-4H3/t16-,17-,18+/m1/s1. The molecule has 6 nitrogen and oxygen atoms in total. The summed E-state index contributed by atoms with van der Waals surface area (Å²) < 4.78 is 22.2. The average molecular weight is 334 g/mol. The summed E-state index contributed by atoms with van der Waals surface area (Å²) in [6, 6.07) is 8.35. The predicted octanol–water partition coefficient (Wildman–Crippen LogP) is 2.04. The molecule has 1 aliphatic rings. The van der Waals surface area contributed by atoms with E-state index in [-0.39, 0.29) is 18.2 Å². The van der Waals surface area contributed by atoms with E-state index in [1.165, 1.54) is 0 Å². The summed E-state index contributed by atoms with van der Waals surface area (Å²) in [5, 5.41) is 1.15. The van der Waals surface area contributed by atoms with E-state index in [9.17, 15) is 0 Å². The van der Waals surface area contributed by atoms with E-state index in [0.29, 0.717) is 13.2 Å². The first-order valence-corrected chi connectivity index (χ1v) is 8.15. The summed E-state index contributed by atoms with van der Waals surface area (Å²) in [6.45, 7) is 2.00. The van der Waals surface area contributed by atoms with Crippen molar-refractivity contribution in [3.63, 3.8) is 0 Å². The molecule has 1 aliphatic heterocycles. The number of benzene rings is 1. The lowest BCUT2D eigenvalue weighted by atomic mass is 10.0. The second-order valence-electron chi connectivity index (χ2n) is 6.24. The molecule has 1 aromatic heterocycles. The summed E-state index contributed by atoms with van der Waals surface area (Å²) in [7, 11) is 7.21. The number of nitrogens with one attached hydrogen (secondary N) is 1. The van der Waals surface area contributed by atoms with Crippen LogP contribution in [0.25, 0.3) is 10.9 Å². The molecule has 0 radical (unpaired) electrons. The normalized spacial score (nSPS) is 24.6. The maximum absolute atomic E-state index is 5.69. The second-order valence-corrected chi connectivity index (χ2v) is 6.24. The zero-order valence-electron chi connectivity index (χ0n) is 14.7. The first kappa shape index (κ1) is 17.2. The zero-order chi connectivity index (χ0) is 17.1. The van der Waals surface area contributed by atoms with Gasteiger partial charge in [-0.25, -0.2) is 0 Å². The molecule has 0 spiro atoms. The predicted molar refractivity (Wildman–Crippen MR) is 92.5 cm³/mol. The molecule has 2 aromatic rings. The topological polar surface area (TPSA) is 56.0 Å². The van der Waals surface area contributed by atoms with Crippen molar-refractivity contribution < 1.29 is 18.9 Å². The Balaban J connectivity index is 1.74. The van der Waals surface area contributed by atoms with Gasteiger partial charge in [-0.1, -0.05) is 0 Å². The van der Waals surface area contributed by atoms with Gasteiger partial charge in [-0.2, -0.15) is 0 Å². The van der Waals surface area contributed by atoms with Crippen LogP contribution in [0.2, 0.25) is 0 Å². The van der Waals surface area contributed by atoms with Crippen molar-refractivity contribution in [1.82, 2.24) is 9.88 Å². The number of H-pyrrole nitrogens is 1. The zero-order valence-corrected chi connectivity index (χ0v) is 14.7. The first-order chi connectivity index (χ1) is 11.7. The van der Waals surface area contributed by atoms with Crippen LogP contribution in [0.4, 0.5) is 0 Å². The lowest BCUT2D eigenvalue weighted by molar-refractivity contribution is -0.153. The smallest absolute Gasteiger partial charge is 0.119 e. The second kappa shape index (κ2) is 7.53. The van der Waals surface area contributed by atoms with Gasteiger partial charge in [0.2, 0.25) is 0 Å². The number of nitrogens with zero attached hydrogens (tertiary/aromatic N) is 1. The van der Waals surface area contributed by atoms with Crippen LogP contribution in [-0.4, -0.2) is 69.7 Å². The minimum Gasteiger partial charge on any atom is -0.497 e. The summed E-state index contributed by atoms with van der Waals surface area (Å²) in [5.41, 5.74) is 2.26. The molecule has 24 heavy (non-hydrogen) atoms. The molecule has 2 heterocycles. The molecule has 0 unspecified atom stereocenters. The van der Waals surface area contributed by atoms with E-state index in [1.807, 2.05) is 18.2 Å². The molecular weight excluding hydrogens is 308 g/mol. The van der Waals surface area contributed by atoms with Gasteiger partial charge in [0.25, 0.3) is 0 Å². The number of ether oxygens (including phenoxy) is 4. The van der Waals surface area contributed by atoms with E-state index >= 15 is 0 Å². The summed E-state index contributed by atoms with van der Waals surface area (Å²) >= 11 is 0. The van der Waals surface area contributed by atoms with Gasteiger partial charge in [-0.05, 0) is 31.3 Å². The van der Waals surface area contributed by atoms with Crippen LogP contribution in [0, 0.1) is 0 Å². The van der Waals surface area contributed by atoms with Crippen LogP contribution in [0.15, 0.2) is 24.3 Å². The van der Waals surface area contributed by atoms with Crippen LogP contribution in [0.3, 0.4) is 0 Å². The van der Waals surface area contributed by atoms with Gasteiger partial charge in [0, 0.05) is 37.4 Å². The maximum atomic E-state index is 5.69. The Morgan fingerprint density at radius 1 is 1.17 bits per heavy atom. The molecule has 0 amide bonds. The Morgan fingerprint density at radius 2 is 2.00 bits per heavy atom. The lowest BCUT2D eigenvalue weighted by Crippen LogP contribution is -2.56. The van der Waals surface area contributed by atoms with Gasteiger partial charge < -0.3 is 23.9 Å². The summed E-state index contributed by atoms with van der Waals surface area (Å²) in [4.78, 5) is 5.72. The van der Waals surface area contributed by atoms with Crippen molar-refractivity contribution in [1.29, 1.82) is 0 Å². The molecule has 1 fully saturated rings. The van der Waals surface area contributed by atoms with Crippen molar-refractivity contribution >= 4 is 10.9 Å². The minimum atomic E-state index is -0.0387. The molecular formula is C18H26N2O4. The highest BCUT2D eigenvalue weighted by molar-refractivity contribution is 5.81. The van der Waals surface area contributed by atoms with E-state index in [2.05, 4.69) is 23.0 Å². The van der Waals surface area contributed by atoms with Gasteiger partial charge in [0.1, 0.15) is 18.0 Å². The third-order valence-electron chi connectivity index (χ3n) is 4.76. The monoisotopic (exact) mass is 334 g/mol. The van der Waals surface area contributed by atoms with Crippen LogP contribution in [0.5, 0.6) is 5.75 Å². The number of methoxy groups -OCH3 is 3. The number of fused-ring (bicyclic) bond motifs is 1. The average Bonchev–Trinajstić information content (AvgIpc) is 3.01. The quantitative estimate of drug-likeness (QED) is 0.876. The van der Waals surface area contributed by atoms with Crippen LogP contribution in [0.1, 0.15) is 5.69 Å². The fraction of sp³-hybridized carbons (Fsp3) is 0.556. The molecule has 0 aliphatic carbocycles. The number of aromatic amines is 1. The molecule has 0 saturated carbocycles. The van der Waals surface area contributed by atoms with Crippen molar-refractivity contribution in [3.05, 3.63) is 30.0 Å². The van der Waals surface area contributed by atoms with Crippen molar-refractivity contribution in [2.75, 3.05) is 41.6 Å². The van der Waals surface area contributed by atoms with E-state index in [0.717, 1.165) is 28.9 Å². The molecule has 1 aromatic carbocycles. The highest BCUT2D eigenvalue weighted by Crippen LogP contribution is 2.24. The molecule has 0 bridgehead atoms. The Labute approximate surface area is 142 Å². The SMILES string of the molecule is COc1ccc2[nH]c(CN(C)[C@@H]3COC[C@@H](OC)[C@H]3OC)cc2c1. The number of aromatic nitrogens is 1. The number of rotatable bonds is 6. The molecule has 3 atom stereocenters. The molecule has 6 heteroatoms. The Bertz CT molecular complexity index is 672. The fourth-order valence-electron chi connectivity index (χ4n) is 3.40. The number of likely N-dealkylation sites (N-methyl/N-ethyl adjacent to an activating group) is 1. The van der Waals surface area contributed by atoms with Crippen LogP contribution >= 0.6 is 0 Å². The van der Waals surface area contributed by atoms with Crippen molar-refractivity contribution in [2.45, 2.75) is 24.8 Å². The largest absolute Gasteiger partial charge is 0.497 e. The minimum absolute atomic E-state index is 0.00165. The first-order valence-electron chi connectivity index (χ1n) is 8.15. The van der Waals surface area contributed by atoms with Gasteiger partial charge in [-0.15, -0.1) is 0 Å². The Morgan fingerprint density at radius 3 is 2.71 bits per heavy atom. The van der Waals surface area contributed by atoms with Crippen LogP contribution in [-0.2, 0) is 20.8 Å². The fourth-order valence-corrected chi connectivity index (χ4v) is 3.40. The maximum Gasteiger partial charge on any atom is 0.119 e. The highest BCUT2D eigenvalue weighted by Gasteiger charge is 2.36. The summed E-state index contributed by atoms with van der Waals surface area (Å²) in [5.74, 6) is 0.865. The molecule has 1 N–H and O–H groups in total. The van der Waals surface area contributed by atoms with Crippen molar-refractivity contribution in [2.24, 2.45) is 0 Å². The molecule has 132 valence electrons.